The number of urea groups is 1. The Bertz CT molecular complexity index is 364. The predicted molar refractivity (Wildman–Crippen MR) is 68.4 cm³/mol. The molecule has 1 saturated carbocycles. The highest BCUT2D eigenvalue weighted by atomic mass is 16.4. The van der Waals surface area contributed by atoms with Crippen LogP contribution in [0, 0.1) is 0 Å². The molecule has 0 bridgehead atoms. The van der Waals surface area contributed by atoms with Gasteiger partial charge >= 0.3 is 12.0 Å². The third kappa shape index (κ3) is 4.76. The number of rotatable bonds is 5. The molecule has 7 nitrogen and oxygen atoms in total. The highest BCUT2D eigenvalue weighted by Crippen LogP contribution is 2.31. The first-order valence-electron chi connectivity index (χ1n) is 6.44. The Morgan fingerprint density at radius 3 is 2.32 bits per heavy atom. The smallest absolute Gasteiger partial charge is 0.315 e. The lowest BCUT2D eigenvalue weighted by Crippen LogP contribution is -2.56. The van der Waals surface area contributed by atoms with Crippen LogP contribution in [0.25, 0.3) is 0 Å². The molecule has 1 rings (SSSR count). The number of primary amides is 1. The number of nitrogens with one attached hydrogen (secondary N) is 2. The normalized spacial score (nSPS) is 19.2. The molecule has 108 valence electrons. The fraction of sp³-hybridized carbons (Fsp3) is 0.750. The van der Waals surface area contributed by atoms with Gasteiger partial charge in [0.05, 0.1) is 12.0 Å². The Morgan fingerprint density at radius 1 is 1.26 bits per heavy atom. The van der Waals surface area contributed by atoms with Crippen molar-refractivity contribution in [1.29, 1.82) is 0 Å². The van der Waals surface area contributed by atoms with E-state index in [4.69, 9.17) is 10.8 Å². The number of nitrogens with two attached hydrogens (primary N) is 1. The van der Waals surface area contributed by atoms with Gasteiger partial charge in [0.2, 0.25) is 5.91 Å². The summed E-state index contributed by atoms with van der Waals surface area (Å²) in [5.41, 5.74) is 4.34. The van der Waals surface area contributed by atoms with Crippen LogP contribution in [0.15, 0.2) is 0 Å². The molecule has 1 aliphatic rings. The van der Waals surface area contributed by atoms with Crippen LogP contribution in [0.1, 0.15) is 45.4 Å². The third-order valence-electron chi connectivity index (χ3n) is 3.45. The van der Waals surface area contributed by atoms with Crippen molar-refractivity contribution in [1.82, 2.24) is 10.6 Å². The number of aliphatic carboxylic acids is 1. The van der Waals surface area contributed by atoms with Gasteiger partial charge < -0.3 is 21.5 Å². The molecule has 0 aromatic heterocycles. The van der Waals surface area contributed by atoms with Gasteiger partial charge in [-0.1, -0.05) is 19.3 Å². The van der Waals surface area contributed by atoms with Gasteiger partial charge in [-0.15, -0.1) is 0 Å². The van der Waals surface area contributed by atoms with Gasteiger partial charge in [-0.05, 0) is 19.8 Å². The fourth-order valence-electron chi connectivity index (χ4n) is 2.41. The number of hydrogen-bond acceptors (Lipinski definition) is 3. The molecule has 1 unspecified atom stereocenters. The highest BCUT2D eigenvalue weighted by Gasteiger charge is 2.36. The molecule has 5 N–H and O–H groups in total. The van der Waals surface area contributed by atoms with Gasteiger partial charge in [0.1, 0.15) is 6.04 Å². The molecule has 7 heteroatoms. The van der Waals surface area contributed by atoms with Crippen molar-refractivity contribution in [2.24, 2.45) is 5.73 Å². The van der Waals surface area contributed by atoms with Crippen molar-refractivity contribution in [2.45, 2.75) is 57.0 Å². The van der Waals surface area contributed by atoms with Crippen LogP contribution in [0.4, 0.5) is 4.79 Å². The summed E-state index contributed by atoms with van der Waals surface area (Å²) in [7, 11) is 0. The minimum absolute atomic E-state index is 0.106. The standard InChI is InChI=1S/C12H21N3O4/c1-8(10(13)18)14-11(19)15-12(7-9(16)17)5-3-2-4-6-12/h8H,2-7H2,1H3,(H2,13,18)(H,16,17)(H2,14,15,19). The summed E-state index contributed by atoms with van der Waals surface area (Å²) in [5.74, 6) is -1.57. The van der Waals surface area contributed by atoms with Gasteiger partial charge in [0.15, 0.2) is 0 Å². The van der Waals surface area contributed by atoms with Gasteiger partial charge in [-0.2, -0.15) is 0 Å². The summed E-state index contributed by atoms with van der Waals surface area (Å²) < 4.78 is 0. The van der Waals surface area contributed by atoms with E-state index in [1.807, 2.05) is 0 Å². The van der Waals surface area contributed by atoms with Crippen molar-refractivity contribution >= 4 is 17.9 Å². The third-order valence-corrected chi connectivity index (χ3v) is 3.45. The Morgan fingerprint density at radius 2 is 1.84 bits per heavy atom. The first-order chi connectivity index (χ1) is 8.84. The molecule has 19 heavy (non-hydrogen) atoms. The van der Waals surface area contributed by atoms with Crippen LogP contribution >= 0.6 is 0 Å². The SMILES string of the molecule is CC(NC(=O)NC1(CC(=O)O)CCCCC1)C(N)=O. The van der Waals surface area contributed by atoms with E-state index in [-0.39, 0.29) is 6.42 Å². The maximum Gasteiger partial charge on any atom is 0.315 e. The molecular formula is C12H21N3O4. The average Bonchev–Trinajstić information content (AvgIpc) is 2.28. The minimum Gasteiger partial charge on any atom is -0.481 e. The van der Waals surface area contributed by atoms with Crippen molar-refractivity contribution < 1.29 is 19.5 Å². The van der Waals surface area contributed by atoms with Gasteiger partial charge in [0.25, 0.3) is 0 Å². The molecule has 0 aromatic carbocycles. The van der Waals surface area contributed by atoms with Crippen LogP contribution in [0.5, 0.6) is 0 Å². The lowest BCUT2D eigenvalue weighted by atomic mass is 9.79. The summed E-state index contributed by atoms with van der Waals surface area (Å²) in [5, 5.41) is 14.1. The van der Waals surface area contributed by atoms with Crippen LogP contribution in [0.3, 0.4) is 0 Å². The summed E-state index contributed by atoms with van der Waals surface area (Å²) >= 11 is 0. The van der Waals surface area contributed by atoms with E-state index in [1.54, 1.807) is 0 Å². The lowest BCUT2D eigenvalue weighted by Gasteiger charge is -2.37. The van der Waals surface area contributed by atoms with Gasteiger partial charge in [-0.3, -0.25) is 9.59 Å². The Labute approximate surface area is 111 Å². The number of carboxylic acid groups (broad SMARTS) is 1. The maximum absolute atomic E-state index is 11.8. The Hall–Kier alpha value is -1.79. The minimum atomic E-state index is -0.940. The van der Waals surface area contributed by atoms with E-state index in [0.29, 0.717) is 12.8 Å². The second-order valence-corrected chi connectivity index (χ2v) is 5.13. The van der Waals surface area contributed by atoms with E-state index >= 15 is 0 Å². The molecular weight excluding hydrogens is 250 g/mol. The monoisotopic (exact) mass is 271 g/mol. The van der Waals surface area contributed by atoms with Crippen LogP contribution in [-0.4, -0.2) is 34.6 Å². The van der Waals surface area contributed by atoms with E-state index in [0.717, 1.165) is 19.3 Å². The van der Waals surface area contributed by atoms with Crippen molar-refractivity contribution in [3.8, 4) is 0 Å². The maximum atomic E-state index is 11.8. The summed E-state index contributed by atoms with van der Waals surface area (Å²) in [4.78, 5) is 33.6. The van der Waals surface area contributed by atoms with Gasteiger partial charge in [-0.25, -0.2) is 4.79 Å². The molecule has 0 aliphatic heterocycles. The van der Waals surface area contributed by atoms with E-state index in [1.165, 1.54) is 6.92 Å². The molecule has 0 radical (unpaired) electrons. The second-order valence-electron chi connectivity index (χ2n) is 5.13. The zero-order valence-electron chi connectivity index (χ0n) is 11.1. The highest BCUT2D eigenvalue weighted by molar-refractivity contribution is 5.86. The topological polar surface area (TPSA) is 122 Å². The zero-order valence-corrected chi connectivity index (χ0v) is 11.1. The first-order valence-corrected chi connectivity index (χ1v) is 6.44. The quantitative estimate of drug-likeness (QED) is 0.575. The molecule has 0 saturated heterocycles. The van der Waals surface area contributed by atoms with Crippen LogP contribution in [0.2, 0.25) is 0 Å². The molecule has 3 amide bonds. The first kappa shape index (κ1) is 15.3. The predicted octanol–water partition coefficient (Wildman–Crippen LogP) is 0.337. The van der Waals surface area contributed by atoms with Crippen LogP contribution < -0.4 is 16.4 Å². The molecule has 1 atom stereocenters. The molecule has 0 aromatic rings. The summed E-state index contributed by atoms with van der Waals surface area (Å²) in [6.07, 6.45) is 3.99. The average molecular weight is 271 g/mol. The Balaban J connectivity index is 2.64. The van der Waals surface area contributed by atoms with Crippen molar-refractivity contribution in [2.75, 3.05) is 0 Å². The molecule has 1 fully saturated rings. The Kier molecular flexibility index (Phi) is 5.14. The van der Waals surface area contributed by atoms with E-state index < -0.39 is 29.5 Å². The summed E-state index contributed by atoms with van der Waals surface area (Å²) in [6, 6.07) is -1.33. The van der Waals surface area contributed by atoms with Crippen molar-refractivity contribution in [3.63, 3.8) is 0 Å². The van der Waals surface area contributed by atoms with E-state index in [9.17, 15) is 14.4 Å². The molecule has 1 aliphatic carbocycles. The van der Waals surface area contributed by atoms with Crippen molar-refractivity contribution in [3.05, 3.63) is 0 Å². The second kappa shape index (κ2) is 6.40. The van der Waals surface area contributed by atoms with Crippen LogP contribution in [-0.2, 0) is 9.59 Å². The van der Waals surface area contributed by atoms with Gasteiger partial charge in [0, 0.05) is 0 Å². The number of hydrogen-bond donors (Lipinski definition) is 4. The molecule has 0 heterocycles. The zero-order chi connectivity index (χ0) is 14.5. The lowest BCUT2D eigenvalue weighted by molar-refractivity contribution is -0.139. The fourth-order valence-corrected chi connectivity index (χ4v) is 2.41. The number of carboxylic acids is 1. The number of carbonyl (C=O) groups is 3. The number of carbonyl (C=O) groups excluding carboxylic acids is 2. The summed E-state index contributed by atoms with van der Waals surface area (Å²) in [6.45, 7) is 1.48. The van der Waals surface area contributed by atoms with E-state index in [2.05, 4.69) is 10.6 Å². The largest absolute Gasteiger partial charge is 0.481 e. The molecule has 0 spiro atoms. The number of amides is 3.